The number of nitrogens with zero attached hydrogens (tertiary/aromatic N) is 1. The van der Waals surface area contributed by atoms with Crippen LogP contribution in [0.3, 0.4) is 0 Å². The van der Waals surface area contributed by atoms with Gasteiger partial charge in [-0.25, -0.2) is 13.1 Å². The summed E-state index contributed by atoms with van der Waals surface area (Å²) in [4.78, 5) is 14.5. The number of likely N-dealkylation sites (tertiary alicyclic amines) is 1. The first-order valence-electron chi connectivity index (χ1n) is 9.98. The minimum atomic E-state index is -3.79. The number of carbonyl (C=O) groups is 1. The van der Waals surface area contributed by atoms with Crippen molar-refractivity contribution >= 4 is 15.9 Å². The SMILES string of the molecule is COc1ccc(S(=O)(=O)NCCOc2cc(C)cc(C)c2)cc1C(=O)N1CCCC1. The topological polar surface area (TPSA) is 84.9 Å². The average molecular weight is 433 g/mol. The Morgan fingerprint density at radius 1 is 1.07 bits per heavy atom. The second kappa shape index (κ2) is 9.49. The molecule has 1 fully saturated rings. The molecule has 7 nitrogen and oxygen atoms in total. The molecule has 0 saturated carbocycles. The molecule has 30 heavy (non-hydrogen) atoms. The van der Waals surface area contributed by atoms with Gasteiger partial charge in [0.1, 0.15) is 18.1 Å². The number of hydrogen-bond acceptors (Lipinski definition) is 5. The van der Waals surface area contributed by atoms with Gasteiger partial charge in [-0.2, -0.15) is 0 Å². The number of rotatable bonds is 8. The van der Waals surface area contributed by atoms with E-state index in [1.54, 1.807) is 4.90 Å². The van der Waals surface area contributed by atoms with Crippen molar-refractivity contribution in [3.63, 3.8) is 0 Å². The highest BCUT2D eigenvalue weighted by Crippen LogP contribution is 2.25. The average Bonchev–Trinajstić information content (AvgIpc) is 3.24. The van der Waals surface area contributed by atoms with Crippen LogP contribution in [0.4, 0.5) is 0 Å². The number of methoxy groups -OCH3 is 1. The lowest BCUT2D eigenvalue weighted by Gasteiger charge is -2.18. The number of hydrogen-bond donors (Lipinski definition) is 1. The van der Waals surface area contributed by atoms with E-state index >= 15 is 0 Å². The molecule has 0 radical (unpaired) electrons. The Hall–Kier alpha value is -2.58. The van der Waals surface area contributed by atoms with Gasteiger partial charge < -0.3 is 14.4 Å². The van der Waals surface area contributed by atoms with E-state index in [0.29, 0.717) is 24.6 Å². The highest BCUT2D eigenvalue weighted by Gasteiger charge is 2.25. The van der Waals surface area contributed by atoms with Gasteiger partial charge in [-0.15, -0.1) is 0 Å². The molecule has 162 valence electrons. The Morgan fingerprint density at radius 2 is 1.73 bits per heavy atom. The minimum absolute atomic E-state index is 0.0252. The van der Waals surface area contributed by atoms with E-state index in [9.17, 15) is 13.2 Å². The summed E-state index contributed by atoms with van der Waals surface area (Å²) < 4.78 is 38.9. The van der Waals surface area contributed by atoms with Gasteiger partial charge in [-0.3, -0.25) is 4.79 Å². The van der Waals surface area contributed by atoms with Crippen molar-refractivity contribution in [3.05, 3.63) is 53.1 Å². The monoisotopic (exact) mass is 432 g/mol. The van der Waals surface area contributed by atoms with E-state index in [1.807, 2.05) is 32.0 Å². The van der Waals surface area contributed by atoms with Crippen LogP contribution in [0.25, 0.3) is 0 Å². The number of aryl methyl sites for hydroxylation is 2. The van der Waals surface area contributed by atoms with Crippen LogP contribution in [0.15, 0.2) is 41.3 Å². The summed E-state index contributed by atoms with van der Waals surface area (Å²) >= 11 is 0. The lowest BCUT2D eigenvalue weighted by atomic mass is 10.1. The number of amides is 1. The molecule has 0 aromatic heterocycles. The fourth-order valence-corrected chi connectivity index (χ4v) is 4.60. The lowest BCUT2D eigenvalue weighted by molar-refractivity contribution is 0.0789. The van der Waals surface area contributed by atoms with Crippen molar-refractivity contribution in [1.82, 2.24) is 9.62 Å². The van der Waals surface area contributed by atoms with Crippen LogP contribution in [0, 0.1) is 13.8 Å². The highest BCUT2D eigenvalue weighted by atomic mass is 32.2. The van der Waals surface area contributed by atoms with Crippen molar-refractivity contribution in [2.45, 2.75) is 31.6 Å². The molecule has 1 saturated heterocycles. The van der Waals surface area contributed by atoms with E-state index in [-0.39, 0.29) is 29.5 Å². The summed E-state index contributed by atoms with van der Waals surface area (Å²) in [6.45, 7) is 5.61. The van der Waals surface area contributed by atoms with Gasteiger partial charge in [0.2, 0.25) is 10.0 Å². The zero-order chi connectivity index (χ0) is 21.7. The van der Waals surface area contributed by atoms with Crippen molar-refractivity contribution in [2.24, 2.45) is 0 Å². The molecule has 0 spiro atoms. The molecular weight excluding hydrogens is 404 g/mol. The molecule has 1 aliphatic rings. The second-order valence-corrected chi connectivity index (χ2v) is 9.20. The van der Waals surface area contributed by atoms with Crippen molar-refractivity contribution < 1.29 is 22.7 Å². The first kappa shape index (κ1) is 22.1. The molecule has 0 unspecified atom stereocenters. The summed E-state index contributed by atoms with van der Waals surface area (Å²) in [6.07, 6.45) is 1.90. The Labute approximate surface area is 178 Å². The van der Waals surface area contributed by atoms with Gasteiger partial charge in [-0.1, -0.05) is 6.07 Å². The van der Waals surface area contributed by atoms with Crippen molar-refractivity contribution in [1.29, 1.82) is 0 Å². The Morgan fingerprint density at radius 3 is 2.37 bits per heavy atom. The van der Waals surface area contributed by atoms with E-state index < -0.39 is 10.0 Å². The van der Waals surface area contributed by atoms with E-state index in [0.717, 1.165) is 24.0 Å². The first-order chi connectivity index (χ1) is 14.3. The van der Waals surface area contributed by atoms with E-state index in [2.05, 4.69) is 4.72 Å². The molecule has 0 bridgehead atoms. The summed E-state index contributed by atoms with van der Waals surface area (Å²) in [6, 6.07) is 10.2. The maximum absolute atomic E-state index is 12.8. The smallest absolute Gasteiger partial charge is 0.257 e. The number of benzene rings is 2. The summed E-state index contributed by atoms with van der Waals surface area (Å²) in [5.41, 5.74) is 2.42. The fourth-order valence-electron chi connectivity index (χ4n) is 3.56. The van der Waals surface area contributed by atoms with Crippen LogP contribution in [0.2, 0.25) is 0 Å². The standard InChI is InChI=1S/C22H28N2O5S/c1-16-12-17(2)14-18(13-16)29-11-8-23-30(26,27)19-6-7-21(28-3)20(15-19)22(25)24-9-4-5-10-24/h6-7,12-15,23H,4-5,8-11H2,1-3H3. The predicted octanol–water partition coefficient (Wildman–Crippen LogP) is 2.91. The summed E-state index contributed by atoms with van der Waals surface area (Å²) in [5.74, 6) is 0.859. The van der Waals surface area contributed by atoms with Crippen molar-refractivity contribution in [3.8, 4) is 11.5 Å². The van der Waals surface area contributed by atoms with Crippen LogP contribution < -0.4 is 14.2 Å². The Balaban J connectivity index is 1.67. The summed E-state index contributed by atoms with van der Waals surface area (Å²) in [5, 5.41) is 0. The maximum Gasteiger partial charge on any atom is 0.257 e. The zero-order valence-corrected chi connectivity index (χ0v) is 18.4. The summed E-state index contributed by atoms with van der Waals surface area (Å²) in [7, 11) is -2.33. The van der Waals surface area contributed by atoms with Gasteiger partial charge in [0.25, 0.3) is 5.91 Å². The second-order valence-electron chi connectivity index (χ2n) is 7.43. The van der Waals surface area contributed by atoms with Gasteiger partial charge in [0, 0.05) is 19.6 Å². The molecule has 1 amide bonds. The quantitative estimate of drug-likeness (QED) is 0.649. The molecule has 2 aromatic rings. The fraction of sp³-hybridized carbons (Fsp3) is 0.409. The number of ether oxygens (including phenoxy) is 2. The third-order valence-electron chi connectivity index (χ3n) is 4.96. The number of sulfonamides is 1. The van der Waals surface area contributed by atoms with Gasteiger partial charge >= 0.3 is 0 Å². The maximum atomic E-state index is 12.8. The Kier molecular flexibility index (Phi) is 6.99. The van der Waals surface area contributed by atoms with Crippen molar-refractivity contribution in [2.75, 3.05) is 33.4 Å². The van der Waals surface area contributed by atoms with Crippen LogP contribution in [-0.4, -0.2) is 52.6 Å². The lowest BCUT2D eigenvalue weighted by Crippen LogP contribution is -2.30. The predicted molar refractivity (Wildman–Crippen MR) is 115 cm³/mol. The minimum Gasteiger partial charge on any atom is -0.496 e. The molecule has 8 heteroatoms. The largest absolute Gasteiger partial charge is 0.496 e. The molecule has 2 aromatic carbocycles. The van der Waals surface area contributed by atoms with Crippen LogP contribution in [0.1, 0.15) is 34.3 Å². The molecule has 0 atom stereocenters. The van der Waals surface area contributed by atoms with Crippen LogP contribution in [-0.2, 0) is 10.0 Å². The number of nitrogens with one attached hydrogen (secondary N) is 1. The van der Waals surface area contributed by atoms with E-state index in [1.165, 1.54) is 25.3 Å². The first-order valence-corrected chi connectivity index (χ1v) is 11.5. The van der Waals surface area contributed by atoms with Crippen LogP contribution in [0.5, 0.6) is 11.5 Å². The molecule has 3 rings (SSSR count). The molecule has 0 aliphatic carbocycles. The van der Waals surface area contributed by atoms with Gasteiger partial charge in [0.15, 0.2) is 0 Å². The van der Waals surface area contributed by atoms with E-state index in [4.69, 9.17) is 9.47 Å². The zero-order valence-electron chi connectivity index (χ0n) is 17.6. The van der Waals surface area contributed by atoms with Crippen LogP contribution >= 0.6 is 0 Å². The molecule has 1 heterocycles. The molecular formula is C22H28N2O5S. The van der Waals surface area contributed by atoms with Gasteiger partial charge in [-0.05, 0) is 68.1 Å². The molecule has 1 aliphatic heterocycles. The third kappa shape index (κ3) is 5.31. The molecule has 1 N–H and O–H groups in total. The Bertz CT molecular complexity index is 994. The normalized spacial score (nSPS) is 14.0. The van der Waals surface area contributed by atoms with Gasteiger partial charge in [0.05, 0.1) is 17.6 Å². The highest BCUT2D eigenvalue weighted by molar-refractivity contribution is 7.89. The third-order valence-corrected chi connectivity index (χ3v) is 6.42. The number of carbonyl (C=O) groups excluding carboxylic acids is 1.